The van der Waals surface area contributed by atoms with Gasteiger partial charge in [-0.2, -0.15) is 0 Å². The second kappa shape index (κ2) is 6.15. The van der Waals surface area contributed by atoms with Crippen molar-refractivity contribution in [1.29, 1.82) is 0 Å². The van der Waals surface area contributed by atoms with Crippen LogP contribution in [0.15, 0.2) is 36.7 Å². The summed E-state index contributed by atoms with van der Waals surface area (Å²) in [6, 6.07) is 7.34. The summed E-state index contributed by atoms with van der Waals surface area (Å²) in [5, 5.41) is 2.89. The van der Waals surface area contributed by atoms with E-state index in [1.165, 1.54) is 0 Å². The van der Waals surface area contributed by atoms with Crippen LogP contribution in [0.5, 0.6) is 0 Å². The van der Waals surface area contributed by atoms with Crippen molar-refractivity contribution in [2.45, 2.75) is 19.4 Å². The number of carbonyl (C=O) groups excluding carboxylic acids is 1. The van der Waals surface area contributed by atoms with Gasteiger partial charge in [0.25, 0.3) is 5.91 Å². The number of nitrogens with one attached hydrogen (secondary N) is 2. The van der Waals surface area contributed by atoms with Crippen molar-refractivity contribution in [3.05, 3.63) is 53.6 Å². The molecule has 0 aliphatic carbocycles. The molecule has 100 valence electrons. The predicted octanol–water partition coefficient (Wildman–Crippen LogP) is 1.40. The van der Waals surface area contributed by atoms with E-state index < -0.39 is 0 Å². The molecule has 1 amide bonds. The van der Waals surface area contributed by atoms with Crippen LogP contribution in [0.4, 0.5) is 0 Å². The number of aromatic amines is 1. The maximum atomic E-state index is 12.0. The smallest absolute Gasteiger partial charge is 0.251 e. The minimum absolute atomic E-state index is 0.108. The summed E-state index contributed by atoms with van der Waals surface area (Å²) in [6.07, 6.45) is 4.23. The molecule has 0 aliphatic rings. The van der Waals surface area contributed by atoms with Gasteiger partial charge in [-0.15, -0.1) is 0 Å². The molecule has 2 rings (SSSR count). The molecule has 1 aromatic carbocycles. The second-order valence-electron chi connectivity index (χ2n) is 4.41. The van der Waals surface area contributed by atoms with Gasteiger partial charge in [0.2, 0.25) is 0 Å². The van der Waals surface area contributed by atoms with Crippen LogP contribution >= 0.6 is 0 Å². The Morgan fingerprint density at radius 2 is 2.16 bits per heavy atom. The molecule has 0 saturated heterocycles. The molecule has 19 heavy (non-hydrogen) atoms. The lowest BCUT2D eigenvalue weighted by Crippen LogP contribution is -2.27. The number of nitrogens with two attached hydrogens (primary N) is 1. The van der Waals surface area contributed by atoms with Crippen LogP contribution in [-0.2, 0) is 6.42 Å². The first-order chi connectivity index (χ1) is 9.20. The molecular weight excluding hydrogens is 240 g/mol. The molecule has 1 aromatic heterocycles. The molecule has 4 N–H and O–H groups in total. The first-order valence-corrected chi connectivity index (χ1v) is 6.30. The lowest BCUT2D eigenvalue weighted by Gasteiger charge is -2.11. The molecule has 2 aromatic rings. The monoisotopic (exact) mass is 258 g/mol. The van der Waals surface area contributed by atoms with Crippen LogP contribution in [0.2, 0.25) is 0 Å². The maximum absolute atomic E-state index is 12.0. The van der Waals surface area contributed by atoms with Gasteiger partial charge in [0.15, 0.2) is 0 Å². The van der Waals surface area contributed by atoms with E-state index in [-0.39, 0.29) is 11.9 Å². The number of amides is 1. The van der Waals surface area contributed by atoms with Crippen LogP contribution in [0.3, 0.4) is 0 Å². The third-order valence-corrected chi connectivity index (χ3v) is 2.93. The molecule has 1 unspecified atom stereocenters. The Hall–Kier alpha value is -2.14. The summed E-state index contributed by atoms with van der Waals surface area (Å²) in [5.74, 6) is 0.635. The van der Waals surface area contributed by atoms with Crippen molar-refractivity contribution in [2.24, 2.45) is 5.73 Å². The molecule has 0 fully saturated rings. The minimum Gasteiger partial charge on any atom is -0.347 e. The largest absolute Gasteiger partial charge is 0.347 e. The molecule has 1 atom stereocenters. The van der Waals surface area contributed by atoms with E-state index in [0.29, 0.717) is 12.1 Å². The van der Waals surface area contributed by atoms with Gasteiger partial charge in [-0.05, 0) is 37.6 Å². The number of H-pyrrole nitrogens is 1. The molecule has 0 aliphatic heterocycles. The number of rotatable bonds is 5. The van der Waals surface area contributed by atoms with Gasteiger partial charge < -0.3 is 16.0 Å². The van der Waals surface area contributed by atoms with E-state index in [2.05, 4.69) is 15.3 Å². The van der Waals surface area contributed by atoms with Crippen molar-refractivity contribution in [3.8, 4) is 0 Å². The van der Waals surface area contributed by atoms with Crippen molar-refractivity contribution >= 4 is 5.91 Å². The van der Waals surface area contributed by atoms with Crippen molar-refractivity contribution in [3.63, 3.8) is 0 Å². The highest BCUT2D eigenvalue weighted by molar-refractivity contribution is 5.94. The van der Waals surface area contributed by atoms with Crippen LogP contribution in [-0.4, -0.2) is 22.4 Å². The highest BCUT2D eigenvalue weighted by Crippen LogP contribution is 2.09. The van der Waals surface area contributed by atoms with E-state index in [0.717, 1.165) is 17.8 Å². The number of hydrogen-bond donors (Lipinski definition) is 3. The number of hydrogen-bond acceptors (Lipinski definition) is 3. The lowest BCUT2D eigenvalue weighted by molar-refractivity contribution is 0.0938. The molecule has 0 saturated carbocycles. The van der Waals surface area contributed by atoms with Crippen molar-refractivity contribution < 1.29 is 4.79 Å². The molecule has 0 radical (unpaired) electrons. The number of carbonyl (C=O) groups is 1. The first kappa shape index (κ1) is 13.3. The quantitative estimate of drug-likeness (QED) is 0.758. The first-order valence-electron chi connectivity index (χ1n) is 6.30. The van der Waals surface area contributed by atoms with E-state index >= 15 is 0 Å². The van der Waals surface area contributed by atoms with Gasteiger partial charge in [-0.1, -0.05) is 12.1 Å². The standard InChI is InChI=1S/C14H18N4O/c1-10(13-16-8-9-17-13)18-14(19)12-4-2-11(3-5-12)6-7-15/h2-5,8-10H,6-7,15H2,1H3,(H,16,17)(H,18,19). The predicted molar refractivity (Wildman–Crippen MR) is 73.7 cm³/mol. The molecular formula is C14H18N4O. The highest BCUT2D eigenvalue weighted by Gasteiger charge is 2.12. The summed E-state index contributed by atoms with van der Waals surface area (Å²) >= 11 is 0. The van der Waals surface area contributed by atoms with Gasteiger partial charge in [0.05, 0.1) is 6.04 Å². The fourth-order valence-electron chi connectivity index (χ4n) is 1.85. The molecule has 0 spiro atoms. The Balaban J connectivity index is 1.99. The Labute approximate surface area is 112 Å². The summed E-state index contributed by atoms with van der Waals surface area (Å²) in [4.78, 5) is 19.1. The number of imidazole rings is 1. The average Bonchev–Trinajstić information content (AvgIpc) is 2.94. The SMILES string of the molecule is CC(NC(=O)c1ccc(CCN)cc1)c1ncc[nH]1. The Kier molecular flexibility index (Phi) is 4.30. The fraction of sp³-hybridized carbons (Fsp3) is 0.286. The van der Waals surface area contributed by atoms with Crippen LogP contribution < -0.4 is 11.1 Å². The van der Waals surface area contributed by atoms with E-state index in [9.17, 15) is 4.79 Å². The van der Waals surface area contributed by atoms with E-state index in [1.54, 1.807) is 12.4 Å². The molecule has 5 heteroatoms. The third-order valence-electron chi connectivity index (χ3n) is 2.93. The van der Waals surface area contributed by atoms with Gasteiger partial charge >= 0.3 is 0 Å². The minimum atomic E-state index is -0.147. The number of benzene rings is 1. The van der Waals surface area contributed by atoms with Gasteiger partial charge in [-0.3, -0.25) is 4.79 Å². The van der Waals surface area contributed by atoms with Gasteiger partial charge in [0.1, 0.15) is 5.82 Å². The van der Waals surface area contributed by atoms with E-state index in [4.69, 9.17) is 5.73 Å². The van der Waals surface area contributed by atoms with Gasteiger partial charge in [-0.25, -0.2) is 4.98 Å². The molecule has 0 bridgehead atoms. The Morgan fingerprint density at radius 3 is 2.74 bits per heavy atom. The summed E-state index contributed by atoms with van der Waals surface area (Å²) in [5.41, 5.74) is 7.26. The van der Waals surface area contributed by atoms with Crippen molar-refractivity contribution in [2.75, 3.05) is 6.54 Å². The zero-order valence-electron chi connectivity index (χ0n) is 10.9. The third kappa shape index (κ3) is 3.42. The number of aromatic nitrogens is 2. The summed E-state index contributed by atoms with van der Waals surface area (Å²) in [7, 11) is 0. The highest BCUT2D eigenvalue weighted by atomic mass is 16.1. The zero-order chi connectivity index (χ0) is 13.7. The summed E-state index contributed by atoms with van der Waals surface area (Å²) in [6.45, 7) is 2.50. The Bertz CT molecular complexity index is 519. The second-order valence-corrected chi connectivity index (χ2v) is 4.41. The normalized spacial score (nSPS) is 12.1. The Morgan fingerprint density at radius 1 is 1.42 bits per heavy atom. The fourth-order valence-corrected chi connectivity index (χ4v) is 1.85. The topological polar surface area (TPSA) is 83.8 Å². The average molecular weight is 258 g/mol. The lowest BCUT2D eigenvalue weighted by atomic mass is 10.1. The number of nitrogens with zero attached hydrogens (tertiary/aromatic N) is 1. The maximum Gasteiger partial charge on any atom is 0.251 e. The molecule has 1 heterocycles. The van der Waals surface area contributed by atoms with Crippen LogP contribution in [0, 0.1) is 0 Å². The van der Waals surface area contributed by atoms with Crippen LogP contribution in [0.25, 0.3) is 0 Å². The van der Waals surface area contributed by atoms with E-state index in [1.807, 2.05) is 31.2 Å². The van der Waals surface area contributed by atoms with Gasteiger partial charge in [0, 0.05) is 18.0 Å². The van der Waals surface area contributed by atoms with Crippen molar-refractivity contribution in [1.82, 2.24) is 15.3 Å². The van der Waals surface area contributed by atoms with Crippen LogP contribution in [0.1, 0.15) is 34.7 Å². The molecule has 5 nitrogen and oxygen atoms in total. The summed E-state index contributed by atoms with van der Waals surface area (Å²) < 4.78 is 0. The zero-order valence-corrected chi connectivity index (χ0v) is 10.9.